The first kappa shape index (κ1) is 13.8. The van der Waals surface area contributed by atoms with Gasteiger partial charge in [-0.3, -0.25) is 14.3 Å². The molecule has 2 aromatic heterocycles. The van der Waals surface area contributed by atoms with Crippen LogP contribution in [0.1, 0.15) is 22.8 Å². The highest BCUT2D eigenvalue weighted by molar-refractivity contribution is 6.30. The molecule has 0 aliphatic carbocycles. The van der Waals surface area contributed by atoms with Gasteiger partial charge in [-0.05, 0) is 12.5 Å². The Kier molecular flexibility index (Phi) is 3.76. The van der Waals surface area contributed by atoms with Crippen LogP contribution in [0, 0.1) is 0 Å². The molecular weight excluding hydrogens is 296 g/mol. The first-order valence-electron chi connectivity index (χ1n) is 6.45. The highest BCUT2D eigenvalue weighted by atomic mass is 35.5. The monoisotopic (exact) mass is 308 g/mol. The average molecular weight is 309 g/mol. The predicted octanol–water partition coefficient (Wildman–Crippen LogP) is 1.44. The third kappa shape index (κ3) is 2.98. The molecule has 21 heavy (non-hydrogen) atoms. The van der Waals surface area contributed by atoms with Crippen molar-refractivity contribution in [3.8, 4) is 0 Å². The fourth-order valence-corrected chi connectivity index (χ4v) is 2.30. The van der Waals surface area contributed by atoms with E-state index < -0.39 is 5.56 Å². The van der Waals surface area contributed by atoms with E-state index in [1.165, 1.54) is 12.3 Å². The molecule has 110 valence electrons. The second kappa shape index (κ2) is 5.71. The van der Waals surface area contributed by atoms with Gasteiger partial charge >= 0.3 is 0 Å². The molecule has 2 aromatic rings. The lowest BCUT2D eigenvalue weighted by Crippen LogP contribution is -2.15. The van der Waals surface area contributed by atoms with Gasteiger partial charge in [-0.1, -0.05) is 11.6 Å². The minimum absolute atomic E-state index is 0.0264. The SMILES string of the molecule is O=C(Nc1cnn([C@@H]2CCOC2)c1)c1c[nH]c(=O)c(Cl)c1. The van der Waals surface area contributed by atoms with Crippen molar-refractivity contribution >= 4 is 23.2 Å². The van der Waals surface area contributed by atoms with Gasteiger partial charge < -0.3 is 15.0 Å². The Morgan fingerprint density at radius 2 is 2.43 bits per heavy atom. The fourth-order valence-electron chi connectivity index (χ4n) is 2.12. The van der Waals surface area contributed by atoms with Crippen LogP contribution >= 0.6 is 11.6 Å². The molecular formula is C13H13ClN4O3. The van der Waals surface area contributed by atoms with Crippen LogP contribution in [0.4, 0.5) is 5.69 Å². The van der Waals surface area contributed by atoms with Crippen molar-refractivity contribution in [1.29, 1.82) is 0 Å². The Hall–Kier alpha value is -2.12. The van der Waals surface area contributed by atoms with Crippen LogP contribution in [0.5, 0.6) is 0 Å². The summed E-state index contributed by atoms with van der Waals surface area (Å²) in [6.07, 6.45) is 5.55. The molecule has 1 saturated heterocycles. The fraction of sp³-hybridized carbons (Fsp3) is 0.308. The maximum atomic E-state index is 12.1. The third-order valence-electron chi connectivity index (χ3n) is 3.26. The third-order valence-corrected chi connectivity index (χ3v) is 3.54. The zero-order valence-corrected chi connectivity index (χ0v) is 11.8. The lowest BCUT2D eigenvalue weighted by molar-refractivity contribution is 0.102. The van der Waals surface area contributed by atoms with Crippen molar-refractivity contribution in [3.05, 3.63) is 45.6 Å². The molecule has 2 N–H and O–H groups in total. The Morgan fingerprint density at radius 3 is 3.14 bits per heavy atom. The van der Waals surface area contributed by atoms with Gasteiger partial charge in [-0.2, -0.15) is 5.10 Å². The second-order valence-electron chi connectivity index (χ2n) is 4.75. The quantitative estimate of drug-likeness (QED) is 0.898. The van der Waals surface area contributed by atoms with Crippen molar-refractivity contribution in [1.82, 2.24) is 14.8 Å². The molecule has 0 saturated carbocycles. The molecule has 0 aromatic carbocycles. The van der Waals surface area contributed by atoms with Crippen LogP contribution in [0.25, 0.3) is 0 Å². The van der Waals surface area contributed by atoms with E-state index in [2.05, 4.69) is 15.4 Å². The van der Waals surface area contributed by atoms with Crippen molar-refractivity contribution in [2.75, 3.05) is 18.5 Å². The number of hydrogen-bond acceptors (Lipinski definition) is 4. The number of hydrogen-bond donors (Lipinski definition) is 2. The first-order valence-corrected chi connectivity index (χ1v) is 6.83. The van der Waals surface area contributed by atoms with Gasteiger partial charge in [0.25, 0.3) is 11.5 Å². The van der Waals surface area contributed by atoms with E-state index in [4.69, 9.17) is 16.3 Å². The van der Waals surface area contributed by atoms with Gasteiger partial charge in [0.15, 0.2) is 0 Å². The van der Waals surface area contributed by atoms with Crippen molar-refractivity contribution in [2.45, 2.75) is 12.5 Å². The number of ether oxygens (including phenoxy) is 1. The Balaban J connectivity index is 1.72. The number of amides is 1. The van der Waals surface area contributed by atoms with E-state index in [1.807, 2.05) is 0 Å². The number of halogens is 1. The molecule has 3 heterocycles. The number of carbonyl (C=O) groups excluding carboxylic acids is 1. The van der Waals surface area contributed by atoms with E-state index in [-0.39, 0.29) is 22.5 Å². The van der Waals surface area contributed by atoms with Crippen molar-refractivity contribution in [3.63, 3.8) is 0 Å². The number of H-pyrrole nitrogens is 1. The molecule has 0 bridgehead atoms. The summed E-state index contributed by atoms with van der Waals surface area (Å²) < 4.78 is 7.08. The maximum Gasteiger partial charge on any atom is 0.266 e. The number of pyridine rings is 1. The number of carbonyl (C=O) groups is 1. The van der Waals surface area contributed by atoms with E-state index >= 15 is 0 Å². The number of anilines is 1. The lowest BCUT2D eigenvalue weighted by atomic mass is 10.2. The van der Waals surface area contributed by atoms with Crippen LogP contribution in [0.2, 0.25) is 5.02 Å². The van der Waals surface area contributed by atoms with Crippen LogP contribution in [-0.4, -0.2) is 33.9 Å². The number of nitrogens with one attached hydrogen (secondary N) is 2. The number of nitrogens with zero attached hydrogens (tertiary/aromatic N) is 2. The molecule has 8 heteroatoms. The van der Waals surface area contributed by atoms with E-state index in [1.54, 1.807) is 17.1 Å². The topological polar surface area (TPSA) is 89.0 Å². The molecule has 0 spiro atoms. The summed E-state index contributed by atoms with van der Waals surface area (Å²) in [7, 11) is 0. The summed E-state index contributed by atoms with van der Waals surface area (Å²) in [5.41, 5.74) is 0.424. The highest BCUT2D eigenvalue weighted by Gasteiger charge is 2.18. The molecule has 1 atom stereocenters. The molecule has 0 unspecified atom stereocenters. The lowest BCUT2D eigenvalue weighted by Gasteiger charge is -2.07. The Labute approximate surface area is 124 Å². The standard InChI is InChI=1S/C13H13ClN4O3/c14-11-3-8(4-15-13(11)20)12(19)17-9-5-16-18(6-9)10-1-2-21-7-10/h3-6,10H,1-2,7H2,(H,15,20)(H,17,19)/t10-/m1/s1. The van der Waals surface area contributed by atoms with E-state index in [0.29, 0.717) is 12.3 Å². The molecule has 1 fully saturated rings. The summed E-state index contributed by atoms with van der Waals surface area (Å²) >= 11 is 5.70. The summed E-state index contributed by atoms with van der Waals surface area (Å²) in [6.45, 7) is 1.35. The van der Waals surface area contributed by atoms with Gasteiger partial charge in [-0.25, -0.2) is 0 Å². The zero-order valence-electron chi connectivity index (χ0n) is 11.0. The molecule has 3 rings (SSSR count). The van der Waals surface area contributed by atoms with Crippen molar-refractivity contribution < 1.29 is 9.53 Å². The Bertz CT molecular complexity index is 718. The van der Waals surface area contributed by atoms with Crippen LogP contribution in [0.15, 0.2) is 29.5 Å². The number of aromatic amines is 1. The minimum Gasteiger partial charge on any atom is -0.379 e. The summed E-state index contributed by atoms with van der Waals surface area (Å²) in [6, 6.07) is 1.53. The van der Waals surface area contributed by atoms with Crippen molar-refractivity contribution in [2.24, 2.45) is 0 Å². The van der Waals surface area contributed by atoms with Gasteiger partial charge in [0, 0.05) is 19.0 Å². The number of rotatable bonds is 3. The maximum absolute atomic E-state index is 12.1. The molecule has 0 radical (unpaired) electrons. The summed E-state index contributed by atoms with van der Waals surface area (Å²) in [5, 5.41) is 6.89. The van der Waals surface area contributed by atoms with E-state index in [9.17, 15) is 9.59 Å². The van der Waals surface area contributed by atoms with Gasteiger partial charge in [0.1, 0.15) is 5.02 Å². The van der Waals surface area contributed by atoms with Gasteiger partial charge in [0.2, 0.25) is 0 Å². The summed E-state index contributed by atoms with van der Waals surface area (Å²) in [4.78, 5) is 25.6. The second-order valence-corrected chi connectivity index (χ2v) is 5.15. The smallest absolute Gasteiger partial charge is 0.266 e. The Morgan fingerprint density at radius 1 is 1.57 bits per heavy atom. The van der Waals surface area contributed by atoms with Crippen LogP contribution < -0.4 is 10.9 Å². The first-order chi connectivity index (χ1) is 10.1. The molecule has 1 aliphatic heterocycles. The predicted molar refractivity (Wildman–Crippen MR) is 76.7 cm³/mol. The normalized spacial score (nSPS) is 17.9. The molecule has 1 aliphatic rings. The van der Waals surface area contributed by atoms with Crippen LogP contribution in [0.3, 0.4) is 0 Å². The average Bonchev–Trinajstić information content (AvgIpc) is 3.12. The van der Waals surface area contributed by atoms with E-state index in [0.717, 1.165) is 13.0 Å². The van der Waals surface area contributed by atoms with Gasteiger partial charge in [-0.15, -0.1) is 0 Å². The zero-order chi connectivity index (χ0) is 14.8. The molecule has 1 amide bonds. The van der Waals surface area contributed by atoms with Gasteiger partial charge in [0.05, 0.1) is 30.1 Å². The molecule has 7 nitrogen and oxygen atoms in total. The largest absolute Gasteiger partial charge is 0.379 e. The summed E-state index contributed by atoms with van der Waals surface area (Å²) in [5.74, 6) is -0.365. The number of aromatic nitrogens is 3. The minimum atomic E-state index is -0.428. The highest BCUT2D eigenvalue weighted by Crippen LogP contribution is 2.20. The van der Waals surface area contributed by atoms with Crippen LogP contribution in [-0.2, 0) is 4.74 Å².